The van der Waals surface area contributed by atoms with E-state index in [4.69, 9.17) is 9.47 Å². The second kappa shape index (κ2) is 7.70. The quantitative estimate of drug-likeness (QED) is 0.833. The average molecular weight is 343 g/mol. The average Bonchev–Trinajstić information content (AvgIpc) is 2.64. The first-order chi connectivity index (χ1) is 12.1. The minimum Gasteiger partial charge on any atom is -0.493 e. The van der Waals surface area contributed by atoms with E-state index in [1.54, 1.807) is 38.1 Å². The Hall–Kier alpha value is -2.34. The lowest BCUT2D eigenvalue weighted by atomic mass is 9.90. The smallest absolute Gasteiger partial charge is 0.250 e. The van der Waals surface area contributed by atoms with E-state index in [-0.39, 0.29) is 5.56 Å². The van der Waals surface area contributed by atoms with Gasteiger partial charge in [-0.3, -0.25) is 14.7 Å². The number of ether oxygens (including phenoxy) is 2. The summed E-state index contributed by atoms with van der Waals surface area (Å²) in [5.74, 6) is 1.87. The molecule has 0 atom stereocenters. The predicted octanol–water partition coefficient (Wildman–Crippen LogP) is 2.18. The van der Waals surface area contributed by atoms with Crippen molar-refractivity contribution in [2.24, 2.45) is 7.05 Å². The summed E-state index contributed by atoms with van der Waals surface area (Å²) >= 11 is 0. The molecule has 6 nitrogen and oxygen atoms in total. The Kier molecular flexibility index (Phi) is 5.38. The maximum atomic E-state index is 11.8. The number of hydrogen-bond donors (Lipinski definition) is 0. The number of nitrogens with zero attached hydrogens (tertiary/aromatic N) is 3. The normalized spacial score (nSPS) is 16.0. The fourth-order valence-electron chi connectivity index (χ4n) is 3.42. The first-order valence-electron chi connectivity index (χ1n) is 8.57. The van der Waals surface area contributed by atoms with Crippen LogP contribution in [0.15, 0.2) is 35.4 Å². The highest BCUT2D eigenvalue weighted by molar-refractivity contribution is 5.42. The molecule has 0 bridgehead atoms. The summed E-state index contributed by atoms with van der Waals surface area (Å²) in [5.41, 5.74) is 2.11. The Morgan fingerprint density at radius 3 is 2.60 bits per heavy atom. The lowest BCUT2D eigenvalue weighted by Crippen LogP contribution is -2.33. The molecule has 3 rings (SSSR count). The van der Waals surface area contributed by atoms with Gasteiger partial charge in [-0.05, 0) is 43.5 Å². The molecule has 1 aliphatic rings. The molecular weight excluding hydrogens is 318 g/mol. The van der Waals surface area contributed by atoms with Crippen LogP contribution in [0, 0.1) is 0 Å². The zero-order chi connectivity index (χ0) is 17.8. The second-order valence-electron chi connectivity index (χ2n) is 6.45. The van der Waals surface area contributed by atoms with Crippen molar-refractivity contribution in [1.29, 1.82) is 0 Å². The summed E-state index contributed by atoms with van der Waals surface area (Å²) in [4.78, 5) is 18.7. The molecule has 1 saturated heterocycles. The summed E-state index contributed by atoms with van der Waals surface area (Å²) in [5, 5.41) is 0. The minimum absolute atomic E-state index is 0.0604. The van der Waals surface area contributed by atoms with Crippen LogP contribution in [-0.4, -0.2) is 41.8 Å². The number of methoxy groups -OCH3 is 2. The zero-order valence-electron chi connectivity index (χ0n) is 15.1. The highest BCUT2D eigenvalue weighted by Crippen LogP contribution is 2.32. The van der Waals surface area contributed by atoms with Crippen LogP contribution in [0.3, 0.4) is 0 Å². The topological polar surface area (TPSA) is 56.6 Å². The van der Waals surface area contributed by atoms with Crippen molar-refractivity contribution in [3.05, 3.63) is 52.2 Å². The van der Waals surface area contributed by atoms with Crippen LogP contribution in [-0.2, 0) is 13.6 Å². The van der Waals surface area contributed by atoms with E-state index in [9.17, 15) is 4.79 Å². The third-order valence-corrected chi connectivity index (χ3v) is 4.93. The van der Waals surface area contributed by atoms with Crippen molar-refractivity contribution in [1.82, 2.24) is 14.5 Å². The number of aromatic nitrogens is 2. The van der Waals surface area contributed by atoms with Crippen LogP contribution < -0.4 is 15.0 Å². The highest BCUT2D eigenvalue weighted by atomic mass is 16.5. The van der Waals surface area contributed by atoms with Crippen LogP contribution >= 0.6 is 0 Å². The fraction of sp³-hybridized carbons (Fsp3) is 0.474. The maximum Gasteiger partial charge on any atom is 0.250 e. The molecule has 134 valence electrons. The standard InChI is InChI=1S/C19H25N3O3/c1-21-9-5-15(12-18(21)23)14-6-10-22(11-7-14)13-16-19(25-3)17(24-2)4-8-20-16/h4-5,8-9,12,14H,6-7,10-11,13H2,1-3H3. The Labute approximate surface area is 148 Å². The van der Waals surface area contributed by atoms with E-state index in [0.717, 1.165) is 43.7 Å². The van der Waals surface area contributed by atoms with Crippen LogP contribution in [0.1, 0.15) is 30.0 Å². The van der Waals surface area contributed by atoms with Crippen LogP contribution in [0.4, 0.5) is 0 Å². The molecule has 0 spiro atoms. The Morgan fingerprint density at radius 2 is 1.96 bits per heavy atom. The van der Waals surface area contributed by atoms with Crippen molar-refractivity contribution in [2.45, 2.75) is 25.3 Å². The Bertz CT molecular complexity index is 780. The summed E-state index contributed by atoms with van der Waals surface area (Å²) in [7, 11) is 5.06. The molecule has 0 amide bonds. The van der Waals surface area contributed by atoms with Gasteiger partial charge in [-0.2, -0.15) is 0 Å². The molecule has 6 heteroatoms. The van der Waals surface area contributed by atoms with Gasteiger partial charge in [0.05, 0.1) is 14.2 Å². The van der Waals surface area contributed by atoms with Crippen molar-refractivity contribution in [2.75, 3.05) is 27.3 Å². The van der Waals surface area contributed by atoms with Crippen molar-refractivity contribution in [3.63, 3.8) is 0 Å². The van der Waals surface area contributed by atoms with E-state index < -0.39 is 0 Å². The molecule has 0 saturated carbocycles. The lowest BCUT2D eigenvalue weighted by Gasteiger charge is -2.32. The van der Waals surface area contributed by atoms with Gasteiger partial charge in [-0.25, -0.2) is 0 Å². The molecule has 0 N–H and O–H groups in total. The molecule has 3 heterocycles. The molecule has 0 unspecified atom stereocenters. The van der Waals surface area contributed by atoms with Crippen LogP contribution in [0.5, 0.6) is 11.5 Å². The Balaban J connectivity index is 1.65. The number of rotatable bonds is 5. The molecule has 25 heavy (non-hydrogen) atoms. The largest absolute Gasteiger partial charge is 0.493 e. The van der Waals surface area contributed by atoms with Gasteiger partial charge in [-0.15, -0.1) is 0 Å². The third kappa shape index (κ3) is 3.85. The van der Waals surface area contributed by atoms with Gasteiger partial charge in [0.2, 0.25) is 0 Å². The lowest BCUT2D eigenvalue weighted by molar-refractivity contribution is 0.199. The summed E-state index contributed by atoms with van der Waals surface area (Å²) in [6.45, 7) is 2.69. The number of pyridine rings is 2. The van der Waals surface area contributed by atoms with Crippen molar-refractivity contribution < 1.29 is 9.47 Å². The summed E-state index contributed by atoms with van der Waals surface area (Å²) < 4.78 is 12.4. The fourth-order valence-corrected chi connectivity index (χ4v) is 3.42. The molecular formula is C19H25N3O3. The third-order valence-electron chi connectivity index (χ3n) is 4.93. The van der Waals surface area contributed by atoms with E-state index in [1.807, 2.05) is 12.3 Å². The summed E-state index contributed by atoms with van der Waals surface area (Å²) in [6.07, 6.45) is 5.69. The number of hydrogen-bond acceptors (Lipinski definition) is 5. The number of aryl methyl sites for hydroxylation is 1. The molecule has 0 aliphatic carbocycles. The Morgan fingerprint density at radius 1 is 1.20 bits per heavy atom. The maximum absolute atomic E-state index is 11.8. The molecule has 1 aliphatic heterocycles. The predicted molar refractivity (Wildman–Crippen MR) is 96.3 cm³/mol. The van der Waals surface area contributed by atoms with Gasteiger partial charge in [0, 0.05) is 38.1 Å². The van der Waals surface area contributed by atoms with E-state index in [1.165, 1.54) is 0 Å². The van der Waals surface area contributed by atoms with E-state index in [0.29, 0.717) is 17.4 Å². The van der Waals surface area contributed by atoms with Gasteiger partial charge in [0.25, 0.3) is 5.56 Å². The molecule has 2 aromatic heterocycles. The van der Waals surface area contributed by atoms with Crippen LogP contribution in [0.25, 0.3) is 0 Å². The highest BCUT2D eigenvalue weighted by Gasteiger charge is 2.23. The van der Waals surface area contributed by atoms with Gasteiger partial charge in [0.15, 0.2) is 11.5 Å². The van der Waals surface area contributed by atoms with Crippen LogP contribution in [0.2, 0.25) is 0 Å². The second-order valence-corrected chi connectivity index (χ2v) is 6.45. The SMILES string of the molecule is COc1ccnc(CN2CCC(c3ccn(C)c(=O)c3)CC2)c1OC. The van der Waals surface area contributed by atoms with Crippen molar-refractivity contribution >= 4 is 0 Å². The molecule has 0 radical (unpaired) electrons. The van der Waals surface area contributed by atoms with E-state index >= 15 is 0 Å². The van der Waals surface area contributed by atoms with Gasteiger partial charge in [-0.1, -0.05) is 0 Å². The zero-order valence-corrected chi connectivity index (χ0v) is 15.1. The molecule has 2 aromatic rings. The molecule has 1 fully saturated rings. The number of likely N-dealkylation sites (tertiary alicyclic amines) is 1. The van der Waals surface area contributed by atoms with E-state index in [2.05, 4.69) is 16.0 Å². The van der Waals surface area contributed by atoms with Gasteiger partial charge in [0.1, 0.15) is 5.69 Å². The first kappa shape index (κ1) is 17.5. The monoisotopic (exact) mass is 343 g/mol. The number of piperidine rings is 1. The van der Waals surface area contributed by atoms with Gasteiger partial charge >= 0.3 is 0 Å². The first-order valence-corrected chi connectivity index (χ1v) is 8.57. The minimum atomic E-state index is 0.0604. The van der Waals surface area contributed by atoms with Crippen molar-refractivity contribution in [3.8, 4) is 11.5 Å². The summed E-state index contributed by atoms with van der Waals surface area (Å²) in [6, 6.07) is 5.64. The van der Waals surface area contributed by atoms with Gasteiger partial charge < -0.3 is 14.0 Å². The molecule has 0 aromatic carbocycles.